The van der Waals surface area contributed by atoms with E-state index in [0.717, 1.165) is 25.7 Å². The summed E-state index contributed by atoms with van der Waals surface area (Å²) in [7, 11) is 0. The standard InChI is InChI=1S/C11H15FN2/c12-10-9(5-4-8-14-10)11(13)6-2-1-3-7-11/h4-5,8H,1-3,6-7,13H2. The quantitative estimate of drug-likeness (QED) is 0.697. The van der Waals surface area contributed by atoms with E-state index in [1.54, 1.807) is 12.1 Å². The highest BCUT2D eigenvalue weighted by Crippen LogP contribution is 2.35. The first-order valence-corrected chi connectivity index (χ1v) is 5.12. The minimum Gasteiger partial charge on any atom is -0.321 e. The highest BCUT2D eigenvalue weighted by Gasteiger charge is 2.31. The molecule has 1 saturated carbocycles. The maximum Gasteiger partial charge on any atom is 0.217 e. The van der Waals surface area contributed by atoms with Crippen LogP contribution in [0.25, 0.3) is 0 Å². The summed E-state index contributed by atoms with van der Waals surface area (Å²) in [4.78, 5) is 3.65. The highest BCUT2D eigenvalue weighted by atomic mass is 19.1. The minimum absolute atomic E-state index is 0.406. The molecule has 0 amide bonds. The lowest BCUT2D eigenvalue weighted by Crippen LogP contribution is -2.39. The fraction of sp³-hybridized carbons (Fsp3) is 0.545. The van der Waals surface area contributed by atoms with Gasteiger partial charge in [0, 0.05) is 17.3 Å². The summed E-state index contributed by atoms with van der Waals surface area (Å²) in [5.41, 5.74) is 6.31. The minimum atomic E-state index is -0.476. The van der Waals surface area contributed by atoms with Crippen molar-refractivity contribution in [1.29, 1.82) is 0 Å². The Kier molecular flexibility index (Phi) is 2.50. The smallest absolute Gasteiger partial charge is 0.217 e. The van der Waals surface area contributed by atoms with Crippen molar-refractivity contribution in [3.63, 3.8) is 0 Å². The van der Waals surface area contributed by atoms with Crippen LogP contribution < -0.4 is 5.73 Å². The number of hydrogen-bond donors (Lipinski definition) is 1. The summed E-state index contributed by atoms with van der Waals surface area (Å²) in [6, 6.07) is 3.51. The Balaban J connectivity index is 2.32. The van der Waals surface area contributed by atoms with Crippen LogP contribution in [0.4, 0.5) is 4.39 Å². The molecule has 0 aliphatic heterocycles. The molecule has 2 N–H and O–H groups in total. The molecule has 0 unspecified atom stereocenters. The second kappa shape index (κ2) is 3.65. The molecule has 0 aromatic carbocycles. The van der Waals surface area contributed by atoms with Crippen molar-refractivity contribution < 1.29 is 4.39 Å². The number of hydrogen-bond acceptors (Lipinski definition) is 2. The number of nitrogens with zero attached hydrogens (tertiary/aromatic N) is 1. The highest BCUT2D eigenvalue weighted by molar-refractivity contribution is 5.22. The lowest BCUT2D eigenvalue weighted by atomic mass is 9.78. The third-order valence-corrected chi connectivity index (χ3v) is 3.04. The van der Waals surface area contributed by atoms with Gasteiger partial charge in [-0.1, -0.05) is 25.3 Å². The molecule has 1 heterocycles. The van der Waals surface area contributed by atoms with Gasteiger partial charge in [0.25, 0.3) is 0 Å². The third-order valence-electron chi connectivity index (χ3n) is 3.04. The van der Waals surface area contributed by atoms with E-state index < -0.39 is 11.5 Å². The summed E-state index contributed by atoms with van der Waals surface area (Å²) >= 11 is 0. The molecule has 1 aliphatic rings. The first-order valence-electron chi connectivity index (χ1n) is 5.12. The van der Waals surface area contributed by atoms with Gasteiger partial charge in [0.1, 0.15) is 0 Å². The van der Waals surface area contributed by atoms with Crippen LogP contribution in [0.15, 0.2) is 18.3 Å². The van der Waals surface area contributed by atoms with E-state index in [1.165, 1.54) is 12.6 Å². The fourth-order valence-electron chi connectivity index (χ4n) is 2.21. The number of rotatable bonds is 1. The largest absolute Gasteiger partial charge is 0.321 e. The van der Waals surface area contributed by atoms with Crippen LogP contribution in [0, 0.1) is 5.95 Å². The number of halogens is 1. The van der Waals surface area contributed by atoms with Crippen LogP contribution in [-0.4, -0.2) is 4.98 Å². The molecular weight excluding hydrogens is 179 g/mol. The van der Waals surface area contributed by atoms with Gasteiger partial charge < -0.3 is 5.73 Å². The maximum atomic E-state index is 13.4. The van der Waals surface area contributed by atoms with Crippen LogP contribution in [0.2, 0.25) is 0 Å². The van der Waals surface area contributed by atoms with E-state index in [9.17, 15) is 4.39 Å². The van der Waals surface area contributed by atoms with Crippen molar-refractivity contribution in [3.8, 4) is 0 Å². The molecule has 1 aliphatic carbocycles. The summed E-state index contributed by atoms with van der Waals surface area (Å²) in [5, 5.41) is 0. The summed E-state index contributed by atoms with van der Waals surface area (Å²) < 4.78 is 13.4. The van der Waals surface area contributed by atoms with Gasteiger partial charge in [-0.3, -0.25) is 0 Å². The van der Waals surface area contributed by atoms with Crippen LogP contribution in [0.1, 0.15) is 37.7 Å². The van der Waals surface area contributed by atoms with Gasteiger partial charge in [-0.25, -0.2) is 4.98 Å². The van der Waals surface area contributed by atoms with Gasteiger partial charge in [0.05, 0.1) is 0 Å². The molecule has 1 aromatic heterocycles. The zero-order valence-electron chi connectivity index (χ0n) is 8.17. The second-order valence-corrected chi connectivity index (χ2v) is 4.06. The molecular formula is C11H15FN2. The topological polar surface area (TPSA) is 38.9 Å². The molecule has 0 atom stereocenters. The Hall–Kier alpha value is -0.960. The monoisotopic (exact) mass is 194 g/mol. The summed E-state index contributed by atoms with van der Waals surface area (Å²) in [6.45, 7) is 0. The first-order chi connectivity index (χ1) is 6.72. The zero-order chi connectivity index (χ0) is 10.0. The normalized spacial score (nSPS) is 20.7. The molecule has 1 fully saturated rings. The molecule has 76 valence electrons. The molecule has 2 nitrogen and oxygen atoms in total. The van der Waals surface area contributed by atoms with E-state index in [-0.39, 0.29) is 0 Å². The van der Waals surface area contributed by atoms with Gasteiger partial charge in [0.15, 0.2) is 0 Å². The molecule has 14 heavy (non-hydrogen) atoms. The average molecular weight is 194 g/mol. The van der Waals surface area contributed by atoms with Crippen LogP contribution in [0.3, 0.4) is 0 Å². The van der Waals surface area contributed by atoms with Gasteiger partial charge >= 0.3 is 0 Å². The van der Waals surface area contributed by atoms with E-state index in [4.69, 9.17) is 5.73 Å². The molecule has 0 saturated heterocycles. The fourth-order valence-corrected chi connectivity index (χ4v) is 2.21. The predicted molar refractivity (Wildman–Crippen MR) is 53.1 cm³/mol. The average Bonchev–Trinajstić information content (AvgIpc) is 2.19. The Morgan fingerprint density at radius 2 is 2.00 bits per heavy atom. The zero-order valence-corrected chi connectivity index (χ0v) is 8.17. The number of nitrogens with two attached hydrogens (primary N) is 1. The van der Waals surface area contributed by atoms with Crippen molar-refractivity contribution in [1.82, 2.24) is 4.98 Å². The predicted octanol–water partition coefficient (Wildman–Crippen LogP) is 2.34. The van der Waals surface area contributed by atoms with Gasteiger partial charge in [0.2, 0.25) is 5.95 Å². The SMILES string of the molecule is NC1(c2cccnc2F)CCCCC1. The molecule has 3 heteroatoms. The molecule has 2 rings (SSSR count). The van der Waals surface area contributed by atoms with Crippen molar-refractivity contribution in [2.45, 2.75) is 37.6 Å². The van der Waals surface area contributed by atoms with Crippen LogP contribution in [0.5, 0.6) is 0 Å². The lowest BCUT2D eigenvalue weighted by molar-refractivity contribution is 0.290. The molecule has 0 bridgehead atoms. The van der Waals surface area contributed by atoms with Crippen LogP contribution >= 0.6 is 0 Å². The van der Waals surface area contributed by atoms with E-state index in [1.807, 2.05) is 0 Å². The lowest BCUT2D eigenvalue weighted by Gasteiger charge is -2.33. The Morgan fingerprint density at radius 3 is 2.64 bits per heavy atom. The van der Waals surface area contributed by atoms with E-state index in [0.29, 0.717) is 5.56 Å². The van der Waals surface area contributed by atoms with Crippen molar-refractivity contribution >= 4 is 0 Å². The maximum absolute atomic E-state index is 13.4. The molecule has 1 aromatic rings. The number of pyridine rings is 1. The van der Waals surface area contributed by atoms with E-state index >= 15 is 0 Å². The number of aromatic nitrogens is 1. The molecule has 0 spiro atoms. The first kappa shape index (κ1) is 9.59. The van der Waals surface area contributed by atoms with Crippen LogP contribution in [-0.2, 0) is 5.54 Å². The van der Waals surface area contributed by atoms with Crippen molar-refractivity contribution in [2.75, 3.05) is 0 Å². The Morgan fingerprint density at radius 1 is 1.29 bits per heavy atom. The second-order valence-electron chi connectivity index (χ2n) is 4.06. The Labute approximate surface area is 83.3 Å². The Bertz CT molecular complexity index is 319. The van der Waals surface area contributed by atoms with Gasteiger partial charge in [-0.05, 0) is 18.9 Å². The third kappa shape index (κ3) is 1.64. The van der Waals surface area contributed by atoms with E-state index in [2.05, 4.69) is 4.98 Å². The summed E-state index contributed by atoms with van der Waals surface area (Å²) in [5.74, 6) is -0.406. The van der Waals surface area contributed by atoms with Crippen molar-refractivity contribution in [2.24, 2.45) is 5.73 Å². The molecule has 0 radical (unpaired) electrons. The van der Waals surface area contributed by atoms with Crippen molar-refractivity contribution in [3.05, 3.63) is 29.8 Å². The van der Waals surface area contributed by atoms with Gasteiger partial charge in [-0.2, -0.15) is 4.39 Å². The van der Waals surface area contributed by atoms with Gasteiger partial charge in [-0.15, -0.1) is 0 Å². The summed E-state index contributed by atoms with van der Waals surface area (Å²) in [6.07, 6.45) is 6.59.